The molecule has 1 aromatic carbocycles. The zero-order valence-corrected chi connectivity index (χ0v) is 28.4. The molecule has 0 aliphatic carbocycles. The highest BCUT2D eigenvalue weighted by Gasteiger charge is 2.43. The van der Waals surface area contributed by atoms with Crippen molar-refractivity contribution in [2.24, 2.45) is 0 Å². The number of aryl methyl sites for hydroxylation is 1. The van der Waals surface area contributed by atoms with Gasteiger partial charge in [0.05, 0.1) is 18.7 Å². The van der Waals surface area contributed by atoms with Crippen LogP contribution >= 0.6 is 0 Å². The number of carbonyl (C=O) groups is 2. The van der Waals surface area contributed by atoms with Gasteiger partial charge in [-0.15, -0.1) is 0 Å². The summed E-state index contributed by atoms with van der Waals surface area (Å²) in [7, 11) is 0. The maximum absolute atomic E-state index is 13.6. The number of anilines is 1. The number of fused-ring (bicyclic) bond motifs is 1. The zero-order chi connectivity index (χ0) is 36.4. The maximum Gasteiger partial charge on any atom is 0.491 e. The highest BCUT2D eigenvalue weighted by Crippen LogP contribution is 2.36. The summed E-state index contributed by atoms with van der Waals surface area (Å²) in [5, 5.41) is 7.38. The van der Waals surface area contributed by atoms with Crippen LogP contribution in [-0.2, 0) is 51.0 Å². The Kier molecular flexibility index (Phi) is 11.1. The van der Waals surface area contributed by atoms with Gasteiger partial charge in [-0.25, -0.2) is 14.5 Å². The average Bonchev–Trinajstić information content (AvgIpc) is 3.34. The molecule has 1 aliphatic heterocycles. The Balaban J connectivity index is 1.66. The molecule has 14 heteroatoms. The predicted octanol–water partition coefficient (Wildman–Crippen LogP) is 7.76. The van der Waals surface area contributed by atoms with Crippen LogP contribution in [0.15, 0.2) is 36.4 Å². The van der Waals surface area contributed by atoms with E-state index < -0.39 is 43.2 Å². The summed E-state index contributed by atoms with van der Waals surface area (Å²) < 4.78 is 90.0. The molecule has 0 saturated heterocycles. The molecule has 1 N–H and O–H groups in total. The van der Waals surface area contributed by atoms with E-state index in [1.54, 1.807) is 0 Å². The predicted molar refractivity (Wildman–Crippen MR) is 171 cm³/mol. The Hall–Kier alpha value is -4.10. The van der Waals surface area contributed by atoms with Gasteiger partial charge in [0.25, 0.3) is 0 Å². The van der Waals surface area contributed by atoms with E-state index in [1.165, 1.54) is 6.07 Å². The van der Waals surface area contributed by atoms with E-state index in [0.29, 0.717) is 22.4 Å². The summed E-state index contributed by atoms with van der Waals surface area (Å²) in [6, 6.07) is 10.8. The van der Waals surface area contributed by atoms with Crippen molar-refractivity contribution in [3.8, 4) is 5.88 Å². The van der Waals surface area contributed by atoms with Crippen molar-refractivity contribution in [1.82, 2.24) is 14.8 Å². The number of rotatable bonds is 10. The van der Waals surface area contributed by atoms with E-state index in [4.69, 9.17) is 4.74 Å². The minimum atomic E-state index is -5.38. The maximum atomic E-state index is 13.6. The van der Waals surface area contributed by atoms with Crippen LogP contribution in [-0.4, -0.2) is 52.2 Å². The highest BCUT2D eigenvalue weighted by molar-refractivity contribution is 5.88. The molecule has 268 valence electrons. The molecule has 0 amide bonds. The van der Waals surface area contributed by atoms with Crippen LogP contribution in [0.5, 0.6) is 5.88 Å². The number of aromatic nitrogens is 3. The summed E-state index contributed by atoms with van der Waals surface area (Å²) in [6.07, 6.45) is -8.65. The Morgan fingerprint density at radius 1 is 0.918 bits per heavy atom. The summed E-state index contributed by atoms with van der Waals surface area (Å²) in [5.41, 5.74) is 3.43. The van der Waals surface area contributed by atoms with Gasteiger partial charge in [0.1, 0.15) is 12.4 Å². The minimum absolute atomic E-state index is 0.00729. The second kappa shape index (κ2) is 14.4. The lowest BCUT2D eigenvalue weighted by Gasteiger charge is -2.28. The van der Waals surface area contributed by atoms with Crippen molar-refractivity contribution in [1.29, 1.82) is 0 Å². The molecule has 1 atom stereocenters. The van der Waals surface area contributed by atoms with Crippen LogP contribution in [0.25, 0.3) is 0 Å². The first-order chi connectivity index (χ1) is 22.6. The summed E-state index contributed by atoms with van der Waals surface area (Å²) in [5.74, 6) is -4.38. The highest BCUT2D eigenvalue weighted by atomic mass is 19.4. The molecule has 49 heavy (non-hydrogen) atoms. The number of esters is 2. The van der Waals surface area contributed by atoms with Crippen molar-refractivity contribution in [3.05, 3.63) is 70.0 Å². The minimum Gasteiger partial charge on any atom is -0.477 e. The van der Waals surface area contributed by atoms with Crippen molar-refractivity contribution >= 4 is 17.8 Å². The SMILES string of the molecule is CC(C)(C)c1cc(C(CC(=O)OC(=O)C(F)(F)F)Cc2cc(OCCc3ccc4c(n3)NCCC4)n(CC(F)(F)F)n2)cc(C(C)(C)C)c1. The first kappa shape index (κ1) is 37.7. The molecule has 3 heterocycles. The van der Waals surface area contributed by atoms with Crippen LogP contribution in [0.4, 0.5) is 32.2 Å². The average molecular weight is 697 g/mol. The summed E-state index contributed by atoms with van der Waals surface area (Å²) >= 11 is 0. The molecule has 0 saturated carbocycles. The van der Waals surface area contributed by atoms with Gasteiger partial charge in [-0.2, -0.15) is 31.4 Å². The van der Waals surface area contributed by atoms with Crippen LogP contribution in [0, 0.1) is 0 Å². The van der Waals surface area contributed by atoms with Gasteiger partial charge in [-0.1, -0.05) is 65.8 Å². The standard InChI is InChI=1S/C35H42F6N4O4/c1-32(2,3)24-14-22(15-25(18-24)33(4,5)6)23(17-29(46)49-31(47)35(39,40)41)16-27-19-28(45(44-27)20-34(36,37)38)48-13-11-26-10-9-21-8-7-12-42-30(21)43-26/h9-10,14-15,18-19,23H,7-8,11-13,16-17,20H2,1-6H3,(H,42,43). The molecular weight excluding hydrogens is 654 g/mol. The number of halogens is 6. The fourth-order valence-electron chi connectivity index (χ4n) is 5.44. The van der Waals surface area contributed by atoms with E-state index in [-0.39, 0.29) is 35.4 Å². The molecule has 3 aromatic rings. The van der Waals surface area contributed by atoms with E-state index >= 15 is 0 Å². The molecule has 4 rings (SSSR count). The van der Waals surface area contributed by atoms with Gasteiger partial charge in [0.15, 0.2) is 0 Å². The lowest BCUT2D eigenvalue weighted by molar-refractivity contribution is -0.202. The number of pyridine rings is 1. The first-order valence-electron chi connectivity index (χ1n) is 16.1. The third-order valence-electron chi connectivity index (χ3n) is 8.15. The lowest BCUT2D eigenvalue weighted by atomic mass is 9.77. The van der Waals surface area contributed by atoms with Crippen molar-refractivity contribution < 1.29 is 45.4 Å². The van der Waals surface area contributed by atoms with Gasteiger partial charge < -0.3 is 14.8 Å². The fraction of sp³-hybridized carbons (Fsp3) is 0.543. The molecular formula is C35H42F6N4O4. The third kappa shape index (κ3) is 10.7. The Morgan fingerprint density at radius 3 is 2.16 bits per heavy atom. The number of carbonyl (C=O) groups excluding carboxylic acids is 2. The number of hydrogen-bond donors (Lipinski definition) is 1. The largest absolute Gasteiger partial charge is 0.491 e. The molecule has 0 bridgehead atoms. The summed E-state index contributed by atoms with van der Waals surface area (Å²) in [6.45, 7) is 11.2. The van der Waals surface area contributed by atoms with E-state index in [2.05, 4.69) is 20.1 Å². The van der Waals surface area contributed by atoms with Crippen LogP contribution in [0.2, 0.25) is 0 Å². The topological polar surface area (TPSA) is 95.3 Å². The van der Waals surface area contributed by atoms with E-state index in [9.17, 15) is 35.9 Å². The number of hydrogen-bond acceptors (Lipinski definition) is 7. The quantitative estimate of drug-likeness (QED) is 0.132. The Labute approximate surface area is 281 Å². The molecule has 1 aliphatic rings. The molecule has 0 spiro atoms. The second-order valence-corrected chi connectivity index (χ2v) is 14.4. The van der Waals surface area contributed by atoms with Crippen LogP contribution < -0.4 is 10.1 Å². The third-order valence-corrected chi connectivity index (χ3v) is 8.15. The number of benzene rings is 1. The van der Waals surface area contributed by atoms with Crippen LogP contribution in [0.3, 0.4) is 0 Å². The van der Waals surface area contributed by atoms with Crippen molar-refractivity contribution in [3.63, 3.8) is 0 Å². The first-order valence-corrected chi connectivity index (χ1v) is 16.1. The second-order valence-electron chi connectivity index (χ2n) is 14.4. The van der Waals surface area contributed by atoms with Crippen LogP contribution in [0.1, 0.15) is 93.9 Å². The van der Waals surface area contributed by atoms with E-state index in [0.717, 1.165) is 41.9 Å². The normalized spacial score (nSPS) is 14.5. The monoisotopic (exact) mass is 696 g/mol. The Bertz CT molecular complexity index is 1620. The molecule has 0 fully saturated rings. The smallest absolute Gasteiger partial charge is 0.477 e. The lowest BCUT2D eigenvalue weighted by Crippen LogP contribution is -2.29. The van der Waals surface area contributed by atoms with Gasteiger partial charge in [-0.05, 0) is 64.3 Å². The Morgan fingerprint density at radius 2 is 1.57 bits per heavy atom. The number of nitrogens with one attached hydrogen (secondary N) is 1. The van der Waals surface area contributed by atoms with Gasteiger partial charge in [0, 0.05) is 24.7 Å². The van der Waals surface area contributed by atoms with Gasteiger partial charge >= 0.3 is 24.3 Å². The number of ether oxygens (including phenoxy) is 2. The summed E-state index contributed by atoms with van der Waals surface area (Å²) in [4.78, 5) is 28.8. The molecule has 0 radical (unpaired) electrons. The van der Waals surface area contributed by atoms with Gasteiger partial charge in [0.2, 0.25) is 5.88 Å². The number of nitrogens with zero attached hydrogens (tertiary/aromatic N) is 3. The molecule has 2 aromatic heterocycles. The fourth-order valence-corrected chi connectivity index (χ4v) is 5.44. The van der Waals surface area contributed by atoms with Crippen molar-refractivity contribution in [2.45, 2.75) is 109 Å². The molecule has 8 nitrogen and oxygen atoms in total. The molecule has 1 unspecified atom stereocenters. The number of alkyl halides is 6. The van der Waals surface area contributed by atoms with Crippen molar-refractivity contribution in [2.75, 3.05) is 18.5 Å². The van der Waals surface area contributed by atoms with Gasteiger partial charge in [-0.3, -0.25) is 4.79 Å². The zero-order valence-electron chi connectivity index (χ0n) is 28.4. The van der Waals surface area contributed by atoms with E-state index in [1.807, 2.05) is 71.9 Å².